The lowest BCUT2D eigenvalue weighted by Gasteiger charge is -2.43. The molecular formula is C30H30N6O10. The van der Waals surface area contributed by atoms with Crippen molar-refractivity contribution in [1.29, 1.82) is 0 Å². The number of methoxy groups -OCH3 is 2. The third-order valence-corrected chi connectivity index (χ3v) is 9.15. The van der Waals surface area contributed by atoms with Gasteiger partial charge in [0.15, 0.2) is 11.5 Å². The van der Waals surface area contributed by atoms with E-state index in [1.54, 1.807) is 38.1 Å². The second kappa shape index (κ2) is 9.98. The molecule has 2 saturated heterocycles. The number of carbonyl (C=O) groups excluding carboxylic acids is 4. The summed E-state index contributed by atoms with van der Waals surface area (Å²) in [6.45, 7) is 0.929. The van der Waals surface area contributed by atoms with Crippen LogP contribution in [0.25, 0.3) is 10.8 Å². The number of fused-ring (bicyclic) bond motifs is 3. The number of nitrogens with zero attached hydrogens (tertiary/aromatic N) is 6. The standard InChI is InChI=1S/C30H30N6O10/c1-5-45-25(39)29-30(26(40)46-6-2)33-15-35-23(37)19-9-7-8-10-20(19)24(38)36(35)16-34(30)28(42)32(29)14-18-12-22(44-4)21(43-3)11-17(18)13-31(29)27(33)41/h7-12H,5-6,13-16H2,1-4H3. The van der Waals surface area contributed by atoms with E-state index in [0.29, 0.717) is 22.6 Å². The van der Waals surface area contributed by atoms with Crippen molar-refractivity contribution in [2.75, 3.05) is 27.4 Å². The van der Waals surface area contributed by atoms with Crippen molar-refractivity contribution in [3.63, 3.8) is 0 Å². The first-order chi connectivity index (χ1) is 22.1. The Bertz CT molecular complexity index is 1870. The second-order valence-corrected chi connectivity index (χ2v) is 11.1. The van der Waals surface area contributed by atoms with Gasteiger partial charge in [0.25, 0.3) is 22.4 Å². The average Bonchev–Trinajstić information content (AvgIpc) is 3.22. The van der Waals surface area contributed by atoms with Crippen molar-refractivity contribution in [2.24, 2.45) is 0 Å². The first-order valence-corrected chi connectivity index (χ1v) is 14.6. The van der Waals surface area contributed by atoms with E-state index in [-0.39, 0.29) is 37.1 Å². The molecule has 240 valence electrons. The first kappa shape index (κ1) is 29.2. The summed E-state index contributed by atoms with van der Waals surface area (Å²) in [5.41, 5.74) is -5.19. The van der Waals surface area contributed by atoms with Crippen LogP contribution in [-0.4, -0.2) is 91.7 Å². The molecule has 0 bridgehead atoms. The lowest BCUT2D eigenvalue weighted by molar-refractivity contribution is -0.192. The summed E-state index contributed by atoms with van der Waals surface area (Å²) in [5, 5.41) is 0.167. The Balaban J connectivity index is 1.57. The van der Waals surface area contributed by atoms with E-state index in [1.807, 2.05) is 0 Å². The second-order valence-electron chi connectivity index (χ2n) is 11.1. The molecular weight excluding hydrogens is 604 g/mol. The van der Waals surface area contributed by atoms with Crippen molar-refractivity contribution >= 4 is 34.8 Å². The van der Waals surface area contributed by atoms with Gasteiger partial charge in [-0.2, -0.15) is 0 Å². The maximum Gasteiger partial charge on any atom is 0.359 e. The summed E-state index contributed by atoms with van der Waals surface area (Å²) in [4.78, 5) is 90.4. The summed E-state index contributed by atoms with van der Waals surface area (Å²) in [7, 11) is 2.89. The van der Waals surface area contributed by atoms with Crippen molar-refractivity contribution in [3.8, 4) is 11.5 Å². The van der Waals surface area contributed by atoms with Crippen molar-refractivity contribution in [1.82, 2.24) is 29.0 Å². The summed E-state index contributed by atoms with van der Waals surface area (Å²) in [5.74, 6) is -1.48. The van der Waals surface area contributed by atoms with Gasteiger partial charge in [-0.3, -0.25) is 29.2 Å². The fourth-order valence-corrected chi connectivity index (χ4v) is 7.27. The number of hydrogen-bond donors (Lipinski definition) is 0. The highest BCUT2D eigenvalue weighted by Crippen LogP contribution is 2.56. The van der Waals surface area contributed by atoms with Crippen LogP contribution in [0.15, 0.2) is 46.0 Å². The van der Waals surface area contributed by atoms with Gasteiger partial charge in [-0.25, -0.2) is 28.5 Å². The highest BCUT2D eigenvalue weighted by Gasteiger charge is 2.87. The first-order valence-electron chi connectivity index (χ1n) is 14.6. The van der Waals surface area contributed by atoms with Gasteiger partial charge >= 0.3 is 24.0 Å². The van der Waals surface area contributed by atoms with Gasteiger partial charge in [0.2, 0.25) is 0 Å². The average molecular weight is 635 g/mol. The minimum atomic E-state index is -2.51. The Morgan fingerprint density at radius 1 is 0.674 bits per heavy atom. The number of esters is 2. The third kappa shape index (κ3) is 3.27. The maximum atomic E-state index is 14.8. The number of benzene rings is 2. The highest BCUT2D eigenvalue weighted by atomic mass is 16.6. The summed E-state index contributed by atoms with van der Waals surface area (Å²) in [6.07, 6.45) is 0. The molecule has 0 saturated carbocycles. The molecule has 46 heavy (non-hydrogen) atoms. The van der Waals surface area contributed by atoms with Gasteiger partial charge in [0.1, 0.15) is 13.3 Å². The molecule has 4 amide bonds. The van der Waals surface area contributed by atoms with Gasteiger partial charge in [-0.15, -0.1) is 0 Å². The van der Waals surface area contributed by atoms with Gasteiger partial charge in [0.05, 0.1) is 51.3 Å². The third-order valence-electron chi connectivity index (χ3n) is 9.15. The van der Waals surface area contributed by atoms with Crippen LogP contribution in [0.2, 0.25) is 0 Å². The van der Waals surface area contributed by atoms with Crippen LogP contribution in [0, 0.1) is 0 Å². The normalized spacial score (nSPS) is 22.6. The molecule has 4 aliphatic rings. The van der Waals surface area contributed by atoms with E-state index in [1.165, 1.54) is 26.4 Å². The Labute approximate surface area is 260 Å². The molecule has 4 aliphatic heterocycles. The van der Waals surface area contributed by atoms with Crippen molar-refractivity contribution in [3.05, 3.63) is 68.2 Å². The van der Waals surface area contributed by atoms with Gasteiger partial charge in [-0.05, 0) is 49.2 Å². The molecule has 2 aromatic carbocycles. The summed E-state index contributed by atoms with van der Waals surface area (Å²) >= 11 is 0. The smallest absolute Gasteiger partial charge is 0.359 e. The van der Waals surface area contributed by atoms with Crippen LogP contribution in [0.4, 0.5) is 9.59 Å². The molecule has 16 heteroatoms. The molecule has 3 aromatic rings. The molecule has 2 fully saturated rings. The predicted octanol–water partition coefficient (Wildman–Crippen LogP) is 0.817. The topological polar surface area (TPSA) is 162 Å². The van der Waals surface area contributed by atoms with Gasteiger partial charge < -0.3 is 18.9 Å². The Morgan fingerprint density at radius 2 is 1.07 bits per heavy atom. The number of hydrogen-bond acceptors (Lipinski definition) is 10. The van der Waals surface area contributed by atoms with Gasteiger partial charge in [-0.1, -0.05) is 12.1 Å². The molecule has 16 nitrogen and oxygen atoms in total. The van der Waals surface area contributed by atoms with Crippen LogP contribution in [0.1, 0.15) is 25.0 Å². The summed E-state index contributed by atoms with van der Waals surface area (Å²) < 4.78 is 24.1. The van der Waals surface area contributed by atoms with Crippen molar-refractivity contribution < 1.29 is 38.1 Å². The molecule has 0 unspecified atom stereocenters. The monoisotopic (exact) mass is 634 g/mol. The van der Waals surface area contributed by atoms with E-state index < -0.39 is 59.8 Å². The summed E-state index contributed by atoms with van der Waals surface area (Å²) in [6, 6.07) is 7.68. The Morgan fingerprint density at radius 3 is 1.43 bits per heavy atom. The molecule has 0 spiro atoms. The zero-order chi connectivity index (χ0) is 32.7. The zero-order valence-corrected chi connectivity index (χ0v) is 25.5. The number of ether oxygens (including phenoxy) is 4. The molecule has 0 radical (unpaired) electrons. The minimum absolute atomic E-state index is 0.0835. The maximum absolute atomic E-state index is 14.8. The number of aromatic nitrogens is 2. The predicted molar refractivity (Wildman–Crippen MR) is 156 cm³/mol. The van der Waals surface area contributed by atoms with Crippen LogP contribution in [0.3, 0.4) is 0 Å². The number of rotatable bonds is 6. The fraction of sp³-hybridized carbons (Fsp3) is 0.400. The zero-order valence-electron chi connectivity index (χ0n) is 25.5. The van der Waals surface area contributed by atoms with E-state index >= 15 is 0 Å². The van der Waals surface area contributed by atoms with E-state index in [4.69, 9.17) is 18.9 Å². The van der Waals surface area contributed by atoms with Crippen LogP contribution in [0.5, 0.6) is 11.5 Å². The lowest BCUT2D eigenvalue weighted by atomic mass is 9.91. The van der Waals surface area contributed by atoms with Gasteiger partial charge in [0, 0.05) is 0 Å². The lowest BCUT2D eigenvalue weighted by Crippen LogP contribution is -2.75. The Kier molecular flexibility index (Phi) is 6.33. The van der Waals surface area contributed by atoms with Crippen LogP contribution >= 0.6 is 0 Å². The van der Waals surface area contributed by atoms with Crippen LogP contribution in [-0.2, 0) is 45.5 Å². The SMILES string of the molecule is CCOC(=O)C12N3Cc4cc(OC)c(OC)cc4CN1C(=O)N1Cn4c(=O)c5ccccc5c(=O)n4CN(C3=O)C12C(=O)OCC. The molecule has 0 atom stereocenters. The number of urea groups is 2. The number of carbonyl (C=O) groups is 4. The van der Waals surface area contributed by atoms with Crippen LogP contribution < -0.4 is 20.6 Å². The quantitative estimate of drug-likeness (QED) is 0.355. The molecule has 7 rings (SSSR count). The Hall–Kier alpha value is -5.54. The van der Waals surface area contributed by atoms with Crippen molar-refractivity contribution in [2.45, 2.75) is 51.6 Å². The molecule has 0 aliphatic carbocycles. The molecule has 5 heterocycles. The largest absolute Gasteiger partial charge is 0.493 e. The van der Waals surface area contributed by atoms with E-state index in [9.17, 15) is 28.8 Å². The minimum Gasteiger partial charge on any atom is -0.493 e. The van der Waals surface area contributed by atoms with E-state index in [0.717, 1.165) is 29.0 Å². The van der Waals surface area contributed by atoms with E-state index in [2.05, 4.69) is 0 Å². The molecule has 1 aromatic heterocycles. The molecule has 0 N–H and O–H groups in total. The number of amides is 4. The highest BCUT2D eigenvalue weighted by molar-refractivity contribution is 6.09. The fourth-order valence-electron chi connectivity index (χ4n) is 7.27.